The number of hydrogen-bond donors (Lipinski definition) is 1. The van der Waals surface area contributed by atoms with E-state index in [0.29, 0.717) is 25.7 Å². The minimum Gasteiger partial charge on any atom is -0.457 e. The van der Waals surface area contributed by atoms with Gasteiger partial charge in [0.1, 0.15) is 0 Å². The van der Waals surface area contributed by atoms with E-state index in [1.165, 1.54) is 6.08 Å². The number of ketones is 2. The average Bonchev–Trinajstić information content (AvgIpc) is 3.71. The molecule has 214 valence electrons. The summed E-state index contributed by atoms with van der Waals surface area (Å²) in [6.07, 6.45) is 6.92. The zero-order chi connectivity index (χ0) is 28.4. The molecule has 5 aliphatic carbocycles. The summed E-state index contributed by atoms with van der Waals surface area (Å²) in [7, 11) is 0. The molecule has 0 radical (unpaired) electrons. The molecule has 1 N–H and O–H groups in total. The van der Waals surface area contributed by atoms with Gasteiger partial charge in [0.2, 0.25) is 5.78 Å². The van der Waals surface area contributed by atoms with Gasteiger partial charge in [-0.25, -0.2) is 4.79 Å². The predicted octanol–water partition coefficient (Wildman–Crippen LogP) is 4.70. The molecule has 0 aromatic carbocycles. The third kappa shape index (κ3) is 4.03. The van der Waals surface area contributed by atoms with Crippen molar-refractivity contribution in [1.82, 2.24) is 0 Å². The highest BCUT2D eigenvalue weighted by molar-refractivity contribution is 6.26. The second kappa shape index (κ2) is 9.72. The molecule has 1 unspecified atom stereocenters. The van der Waals surface area contributed by atoms with Crippen molar-refractivity contribution in [3.63, 3.8) is 0 Å². The van der Waals surface area contributed by atoms with E-state index in [1.807, 2.05) is 33.8 Å². The smallest absolute Gasteiger partial charge is 0.457 e. The fraction of sp³-hybridized carbons (Fsp3) is 0.733. The van der Waals surface area contributed by atoms with Gasteiger partial charge in [0.25, 0.3) is 0 Å². The number of halogens is 1. The normalized spacial score (nSPS) is 42.5. The van der Waals surface area contributed by atoms with Crippen molar-refractivity contribution in [3.8, 4) is 0 Å². The first kappa shape index (κ1) is 28.3. The molecule has 0 aromatic heterocycles. The number of carbonyl (C=O) groups excluding carboxylic acids is 4. The molecular formula is C30H39ClO8. The lowest BCUT2D eigenvalue weighted by Gasteiger charge is -2.64. The number of carbonyl (C=O) groups is 4. The van der Waals surface area contributed by atoms with Crippen LogP contribution in [0.5, 0.6) is 0 Å². The fourth-order valence-corrected chi connectivity index (χ4v) is 8.95. The van der Waals surface area contributed by atoms with Crippen LogP contribution in [0.3, 0.4) is 0 Å². The molecule has 0 amide bonds. The van der Waals surface area contributed by atoms with Gasteiger partial charge in [-0.05, 0) is 68.9 Å². The van der Waals surface area contributed by atoms with Gasteiger partial charge in [-0.1, -0.05) is 39.3 Å². The summed E-state index contributed by atoms with van der Waals surface area (Å²) in [5.74, 6) is -2.02. The van der Waals surface area contributed by atoms with E-state index < -0.39 is 57.8 Å². The Morgan fingerprint density at radius 2 is 1.85 bits per heavy atom. The summed E-state index contributed by atoms with van der Waals surface area (Å²) in [5.41, 5.74) is -2.50. The fourth-order valence-electron chi connectivity index (χ4n) is 8.43. The molecule has 8 atom stereocenters. The number of esters is 1. The Kier molecular flexibility index (Phi) is 7.06. The lowest BCUT2D eigenvalue weighted by molar-refractivity contribution is -0.187. The van der Waals surface area contributed by atoms with Gasteiger partial charge in [-0.15, -0.1) is 11.6 Å². The monoisotopic (exact) mass is 562 g/mol. The molecule has 5 rings (SSSR count). The van der Waals surface area contributed by atoms with Crippen molar-refractivity contribution >= 4 is 35.3 Å². The Bertz CT molecular complexity index is 1140. The van der Waals surface area contributed by atoms with Gasteiger partial charge in [-0.3, -0.25) is 14.4 Å². The van der Waals surface area contributed by atoms with E-state index in [0.717, 1.165) is 18.4 Å². The maximum atomic E-state index is 14.1. The molecule has 8 nitrogen and oxygen atoms in total. The van der Waals surface area contributed by atoms with Gasteiger partial charge in [0, 0.05) is 16.7 Å². The molecular weight excluding hydrogens is 524 g/mol. The predicted molar refractivity (Wildman–Crippen MR) is 142 cm³/mol. The molecule has 0 aromatic rings. The minimum atomic E-state index is -1.67. The lowest BCUT2D eigenvalue weighted by Crippen LogP contribution is -2.69. The largest absolute Gasteiger partial charge is 0.509 e. The first-order valence-electron chi connectivity index (χ1n) is 14.2. The summed E-state index contributed by atoms with van der Waals surface area (Å²) in [5, 5.41) is 11.9. The molecule has 39 heavy (non-hydrogen) atoms. The van der Waals surface area contributed by atoms with Crippen LogP contribution in [0.4, 0.5) is 4.79 Å². The number of Topliss-reactive ketones (excluding diaryl/α,β-unsaturated/α-hetero) is 1. The maximum Gasteiger partial charge on any atom is 0.509 e. The summed E-state index contributed by atoms with van der Waals surface area (Å²) in [6, 6.07) is 0. The van der Waals surface area contributed by atoms with Crippen LogP contribution in [0, 0.1) is 34.5 Å². The summed E-state index contributed by atoms with van der Waals surface area (Å²) in [4.78, 5) is 50.4. The standard InChI is InChI=1S/C30H39ClO8/c1-5-12-37-26(36)39-30(24(34)16-38-25(35)18-6-7-18)17(2)13-22-21-9-8-19-14-20(32)10-11-27(19,3)29(21,31)23(33)15-28(22,30)4/h10-11,14,17-18,21-23,33H,5-9,12-13,15-16H2,1-4H3/t17-,21+,22+,23?,27+,28+,29+,30+/m1/s1. The topological polar surface area (TPSA) is 116 Å². The Labute approximate surface area is 234 Å². The van der Waals surface area contributed by atoms with Crippen LogP contribution in [0.25, 0.3) is 0 Å². The highest BCUT2D eigenvalue weighted by atomic mass is 35.5. The van der Waals surface area contributed by atoms with Crippen LogP contribution in [-0.2, 0) is 28.6 Å². The summed E-state index contributed by atoms with van der Waals surface area (Å²) in [6.45, 7) is 7.23. The highest BCUT2D eigenvalue weighted by Gasteiger charge is 2.76. The van der Waals surface area contributed by atoms with Crippen LogP contribution >= 0.6 is 11.6 Å². The molecule has 5 aliphatic rings. The van der Waals surface area contributed by atoms with Crippen molar-refractivity contribution in [1.29, 1.82) is 0 Å². The van der Waals surface area contributed by atoms with E-state index in [9.17, 15) is 24.3 Å². The van der Waals surface area contributed by atoms with Crippen molar-refractivity contribution in [2.24, 2.45) is 34.5 Å². The Hall–Kier alpha value is -2.19. The van der Waals surface area contributed by atoms with Crippen molar-refractivity contribution in [2.45, 2.75) is 89.2 Å². The first-order valence-corrected chi connectivity index (χ1v) is 14.6. The van der Waals surface area contributed by atoms with E-state index >= 15 is 0 Å². The van der Waals surface area contributed by atoms with E-state index in [2.05, 4.69) is 0 Å². The molecule has 4 saturated carbocycles. The number of hydrogen-bond acceptors (Lipinski definition) is 8. The Morgan fingerprint density at radius 1 is 1.13 bits per heavy atom. The van der Waals surface area contributed by atoms with Gasteiger partial charge in [0.15, 0.2) is 18.0 Å². The molecule has 0 heterocycles. The van der Waals surface area contributed by atoms with Gasteiger partial charge < -0.3 is 19.3 Å². The van der Waals surface area contributed by atoms with Gasteiger partial charge in [0.05, 0.1) is 23.5 Å². The van der Waals surface area contributed by atoms with Crippen molar-refractivity contribution in [3.05, 3.63) is 23.8 Å². The Balaban J connectivity index is 1.54. The van der Waals surface area contributed by atoms with Crippen LogP contribution < -0.4 is 0 Å². The van der Waals surface area contributed by atoms with E-state index in [1.54, 1.807) is 6.08 Å². The molecule has 9 heteroatoms. The SMILES string of the molecule is CCCOC(=O)O[C@]1(C(=O)COC(=O)C2CC2)[C@H](C)C[C@H]2[C@@H]3CCC4=CC(=O)C=C[C@]4(C)[C@@]3(Cl)C(O)C[C@@]21C. The van der Waals surface area contributed by atoms with Crippen LogP contribution in [-0.4, -0.2) is 58.6 Å². The van der Waals surface area contributed by atoms with Crippen molar-refractivity contribution in [2.75, 3.05) is 13.2 Å². The molecule has 0 aliphatic heterocycles. The zero-order valence-electron chi connectivity index (χ0n) is 23.2. The Morgan fingerprint density at radius 3 is 2.51 bits per heavy atom. The molecule has 0 bridgehead atoms. The van der Waals surface area contributed by atoms with E-state index in [4.69, 9.17) is 25.8 Å². The number of aliphatic hydroxyl groups excluding tert-OH is 1. The maximum absolute atomic E-state index is 14.1. The summed E-state index contributed by atoms with van der Waals surface area (Å²) >= 11 is 7.52. The third-order valence-electron chi connectivity index (χ3n) is 10.5. The van der Waals surface area contributed by atoms with Gasteiger partial charge >= 0.3 is 12.1 Å². The number of aliphatic hydroxyl groups is 1. The molecule has 4 fully saturated rings. The number of allylic oxidation sites excluding steroid dienone is 4. The quantitative estimate of drug-likeness (QED) is 0.351. The van der Waals surface area contributed by atoms with Crippen LogP contribution in [0.1, 0.15) is 72.6 Å². The number of ether oxygens (including phenoxy) is 3. The van der Waals surface area contributed by atoms with Crippen LogP contribution in [0.2, 0.25) is 0 Å². The minimum absolute atomic E-state index is 0.0878. The van der Waals surface area contributed by atoms with Gasteiger partial charge in [-0.2, -0.15) is 0 Å². The molecule has 0 saturated heterocycles. The highest BCUT2D eigenvalue weighted by Crippen LogP contribution is 2.72. The third-order valence-corrected chi connectivity index (χ3v) is 11.4. The summed E-state index contributed by atoms with van der Waals surface area (Å²) < 4.78 is 16.7. The van der Waals surface area contributed by atoms with E-state index in [-0.39, 0.29) is 36.6 Å². The average molecular weight is 563 g/mol. The van der Waals surface area contributed by atoms with Crippen molar-refractivity contribution < 1.29 is 38.5 Å². The lowest BCUT2D eigenvalue weighted by atomic mass is 9.45. The van der Waals surface area contributed by atoms with Crippen LogP contribution in [0.15, 0.2) is 23.8 Å². The second-order valence-corrected chi connectivity index (χ2v) is 13.3. The number of alkyl halides is 1. The zero-order valence-corrected chi connectivity index (χ0v) is 23.9. The number of rotatable bonds is 7. The second-order valence-electron chi connectivity index (χ2n) is 12.6. The number of fused-ring (bicyclic) bond motifs is 5. The molecule has 0 spiro atoms. The first-order chi connectivity index (χ1) is 18.3.